The van der Waals surface area contributed by atoms with Gasteiger partial charge in [0.1, 0.15) is 0 Å². The second-order valence-electron chi connectivity index (χ2n) is 2.55. The number of benzene rings is 1. The zero-order valence-electron chi connectivity index (χ0n) is 6.96. The summed E-state index contributed by atoms with van der Waals surface area (Å²) in [5.41, 5.74) is 1.06. The molecule has 0 saturated carbocycles. The van der Waals surface area contributed by atoms with E-state index in [2.05, 4.69) is 0 Å². The lowest BCUT2D eigenvalue weighted by Crippen LogP contribution is -1.99. The fraction of sp³-hybridized carbons (Fsp3) is 0.200. The topological polar surface area (TPSA) is 40.9 Å². The number of halogens is 1. The van der Waals surface area contributed by atoms with Gasteiger partial charge in [0, 0.05) is 17.9 Å². The highest BCUT2D eigenvalue weighted by Gasteiger charge is 2.04. The summed E-state index contributed by atoms with van der Waals surface area (Å²) in [6.45, 7) is 0. The van der Waals surface area contributed by atoms with Gasteiger partial charge in [0.15, 0.2) is 5.78 Å². The number of nitrogens with zero attached hydrogens (tertiary/aromatic N) is 1. The molecule has 1 aromatic rings. The highest BCUT2D eigenvalue weighted by Crippen LogP contribution is 2.07. The fourth-order valence-corrected chi connectivity index (χ4v) is 1.16. The smallest absolute Gasteiger partial charge is 0.164 e. The molecule has 0 spiro atoms. The Bertz CT molecular complexity index is 354. The van der Waals surface area contributed by atoms with Gasteiger partial charge in [-0.3, -0.25) is 4.79 Å². The van der Waals surface area contributed by atoms with Crippen molar-refractivity contribution in [2.24, 2.45) is 0 Å². The summed E-state index contributed by atoms with van der Waals surface area (Å²) in [6, 6.07) is 8.61. The number of nitriles is 1. The largest absolute Gasteiger partial charge is 0.294 e. The first-order chi connectivity index (χ1) is 6.27. The van der Waals surface area contributed by atoms with Gasteiger partial charge < -0.3 is 0 Å². The van der Waals surface area contributed by atoms with Crippen molar-refractivity contribution in [1.29, 1.82) is 5.26 Å². The maximum Gasteiger partial charge on any atom is 0.164 e. The summed E-state index contributed by atoms with van der Waals surface area (Å²) in [6.07, 6.45) is 0.316. The van der Waals surface area contributed by atoms with E-state index in [0.717, 1.165) is 0 Å². The molecule has 0 heterocycles. The minimum atomic E-state index is -0.0212. The quantitative estimate of drug-likeness (QED) is 0.546. The average molecular weight is 194 g/mol. The van der Waals surface area contributed by atoms with Gasteiger partial charge in [-0.2, -0.15) is 5.26 Å². The van der Waals surface area contributed by atoms with Gasteiger partial charge in [-0.25, -0.2) is 0 Å². The Morgan fingerprint density at radius 2 is 2.31 bits per heavy atom. The van der Waals surface area contributed by atoms with Crippen molar-refractivity contribution >= 4 is 17.4 Å². The maximum absolute atomic E-state index is 11.3. The molecule has 1 aromatic carbocycles. The summed E-state index contributed by atoms with van der Waals surface area (Å²) in [7, 11) is 0. The van der Waals surface area contributed by atoms with E-state index in [-0.39, 0.29) is 5.78 Å². The molecule has 3 heteroatoms. The SMILES string of the molecule is N#Cc1cccc(C(=O)CCCl)c1. The Balaban J connectivity index is 2.90. The fourth-order valence-electron chi connectivity index (χ4n) is 0.992. The van der Waals surface area contributed by atoms with Crippen LogP contribution in [0.15, 0.2) is 24.3 Å². The highest BCUT2D eigenvalue weighted by atomic mass is 35.5. The van der Waals surface area contributed by atoms with Gasteiger partial charge >= 0.3 is 0 Å². The number of Topliss-reactive ketones (excluding diaryl/α,β-unsaturated/α-hetero) is 1. The van der Waals surface area contributed by atoms with Gasteiger partial charge in [-0.15, -0.1) is 11.6 Å². The summed E-state index contributed by atoms with van der Waals surface area (Å²) in [4.78, 5) is 11.3. The predicted octanol–water partition coefficient (Wildman–Crippen LogP) is 2.37. The van der Waals surface area contributed by atoms with Crippen LogP contribution in [0, 0.1) is 11.3 Å². The number of rotatable bonds is 3. The van der Waals surface area contributed by atoms with Crippen molar-refractivity contribution in [2.75, 3.05) is 5.88 Å². The van der Waals surface area contributed by atoms with Crippen LogP contribution < -0.4 is 0 Å². The van der Waals surface area contributed by atoms with Crippen LogP contribution in [-0.4, -0.2) is 11.7 Å². The maximum atomic E-state index is 11.3. The van der Waals surface area contributed by atoms with E-state index in [0.29, 0.717) is 23.4 Å². The molecule has 1 rings (SSSR count). The molecule has 0 atom stereocenters. The Labute approximate surface area is 81.7 Å². The average Bonchev–Trinajstić information content (AvgIpc) is 2.18. The highest BCUT2D eigenvalue weighted by molar-refractivity contribution is 6.19. The minimum absolute atomic E-state index is 0.0212. The Kier molecular flexibility index (Phi) is 3.48. The molecule has 0 saturated heterocycles. The summed E-state index contributed by atoms with van der Waals surface area (Å²) < 4.78 is 0. The number of carbonyl (C=O) groups excluding carboxylic acids is 1. The van der Waals surface area contributed by atoms with E-state index in [1.807, 2.05) is 6.07 Å². The molecular formula is C10H8ClNO. The van der Waals surface area contributed by atoms with Crippen LogP contribution in [0.5, 0.6) is 0 Å². The first-order valence-corrected chi connectivity index (χ1v) is 4.40. The zero-order valence-corrected chi connectivity index (χ0v) is 7.71. The minimum Gasteiger partial charge on any atom is -0.294 e. The zero-order chi connectivity index (χ0) is 9.68. The van der Waals surface area contributed by atoms with Crippen LogP contribution in [0.4, 0.5) is 0 Å². The molecule has 0 N–H and O–H groups in total. The van der Waals surface area contributed by atoms with Crippen molar-refractivity contribution in [3.05, 3.63) is 35.4 Å². The Morgan fingerprint density at radius 1 is 1.54 bits per heavy atom. The standard InChI is InChI=1S/C10H8ClNO/c11-5-4-10(13)9-3-1-2-8(6-9)7-12/h1-3,6H,4-5H2. The second-order valence-corrected chi connectivity index (χ2v) is 2.93. The molecule has 66 valence electrons. The monoisotopic (exact) mass is 193 g/mol. The molecule has 2 nitrogen and oxygen atoms in total. The molecule has 0 fully saturated rings. The van der Waals surface area contributed by atoms with Gasteiger partial charge in [0.2, 0.25) is 0 Å². The molecular weight excluding hydrogens is 186 g/mol. The van der Waals surface area contributed by atoms with Crippen LogP contribution in [0.3, 0.4) is 0 Å². The van der Waals surface area contributed by atoms with Crippen molar-refractivity contribution in [3.63, 3.8) is 0 Å². The Morgan fingerprint density at radius 3 is 2.92 bits per heavy atom. The van der Waals surface area contributed by atoms with E-state index in [1.165, 1.54) is 0 Å². The van der Waals surface area contributed by atoms with E-state index in [1.54, 1.807) is 24.3 Å². The first-order valence-electron chi connectivity index (χ1n) is 3.87. The van der Waals surface area contributed by atoms with Crippen molar-refractivity contribution < 1.29 is 4.79 Å². The number of carbonyl (C=O) groups is 1. The number of ketones is 1. The van der Waals surface area contributed by atoms with Crippen LogP contribution >= 0.6 is 11.6 Å². The molecule has 0 amide bonds. The van der Waals surface area contributed by atoms with Crippen LogP contribution in [-0.2, 0) is 0 Å². The molecule has 0 aliphatic rings. The Hall–Kier alpha value is -1.33. The van der Waals surface area contributed by atoms with Gasteiger partial charge in [0.05, 0.1) is 11.6 Å². The molecule has 0 radical (unpaired) electrons. The van der Waals surface area contributed by atoms with Crippen molar-refractivity contribution in [2.45, 2.75) is 6.42 Å². The summed E-state index contributed by atoms with van der Waals surface area (Å²) in [5, 5.41) is 8.59. The van der Waals surface area contributed by atoms with Crippen molar-refractivity contribution in [1.82, 2.24) is 0 Å². The van der Waals surface area contributed by atoms with E-state index < -0.39 is 0 Å². The molecule has 0 aromatic heterocycles. The molecule has 0 aliphatic heterocycles. The van der Waals surface area contributed by atoms with E-state index >= 15 is 0 Å². The number of hydrogen-bond acceptors (Lipinski definition) is 2. The number of hydrogen-bond donors (Lipinski definition) is 0. The molecule has 0 bridgehead atoms. The summed E-state index contributed by atoms with van der Waals surface area (Å²) in [5.74, 6) is 0.294. The van der Waals surface area contributed by atoms with Crippen LogP contribution in [0.2, 0.25) is 0 Å². The molecule has 0 unspecified atom stereocenters. The van der Waals surface area contributed by atoms with Gasteiger partial charge in [-0.05, 0) is 12.1 Å². The predicted molar refractivity (Wildman–Crippen MR) is 50.8 cm³/mol. The third-order valence-corrected chi connectivity index (χ3v) is 1.82. The lowest BCUT2D eigenvalue weighted by atomic mass is 10.1. The normalized spacial score (nSPS) is 9.23. The molecule has 0 aliphatic carbocycles. The van der Waals surface area contributed by atoms with Gasteiger partial charge in [-0.1, -0.05) is 12.1 Å². The third kappa shape index (κ3) is 2.57. The van der Waals surface area contributed by atoms with E-state index in [4.69, 9.17) is 16.9 Å². The third-order valence-electron chi connectivity index (χ3n) is 1.64. The van der Waals surface area contributed by atoms with Crippen LogP contribution in [0.25, 0.3) is 0 Å². The first kappa shape index (κ1) is 9.76. The number of alkyl halides is 1. The van der Waals surface area contributed by atoms with Gasteiger partial charge in [0.25, 0.3) is 0 Å². The van der Waals surface area contributed by atoms with E-state index in [9.17, 15) is 4.79 Å². The lowest BCUT2D eigenvalue weighted by molar-refractivity contribution is 0.0989. The lowest BCUT2D eigenvalue weighted by Gasteiger charge is -1.97. The van der Waals surface area contributed by atoms with Crippen molar-refractivity contribution in [3.8, 4) is 6.07 Å². The summed E-state index contributed by atoms with van der Waals surface area (Å²) >= 11 is 5.43. The van der Waals surface area contributed by atoms with Crippen LogP contribution in [0.1, 0.15) is 22.3 Å². The molecule has 13 heavy (non-hydrogen) atoms. The second kappa shape index (κ2) is 4.64.